The van der Waals surface area contributed by atoms with Gasteiger partial charge in [0.15, 0.2) is 0 Å². The summed E-state index contributed by atoms with van der Waals surface area (Å²) in [7, 11) is -3.85. The lowest BCUT2D eigenvalue weighted by Crippen LogP contribution is -2.54. The Morgan fingerprint density at radius 2 is 1.61 bits per heavy atom. The molecule has 0 aromatic heterocycles. The average Bonchev–Trinajstić information content (AvgIpc) is 2.92. The van der Waals surface area contributed by atoms with Crippen molar-refractivity contribution >= 4 is 50.7 Å². The van der Waals surface area contributed by atoms with Crippen LogP contribution in [0.25, 0.3) is 0 Å². The maximum atomic E-state index is 14.2. The van der Waals surface area contributed by atoms with E-state index in [1.165, 1.54) is 4.90 Å². The van der Waals surface area contributed by atoms with E-state index in [1.54, 1.807) is 30.3 Å². The van der Waals surface area contributed by atoms with Crippen molar-refractivity contribution < 1.29 is 18.0 Å². The van der Waals surface area contributed by atoms with Crippen molar-refractivity contribution in [2.24, 2.45) is 0 Å². The summed E-state index contributed by atoms with van der Waals surface area (Å²) in [5.74, 6) is -0.850. The van der Waals surface area contributed by atoms with Gasteiger partial charge in [0.2, 0.25) is 21.8 Å². The Morgan fingerprint density at radius 1 is 0.927 bits per heavy atom. The van der Waals surface area contributed by atoms with Crippen LogP contribution in [0, 0.1) is 13.8 Å². The highest BCUT2D eigenvalue weighted by Gasteiger charge is 2.34. The highest BCUT2D eigenvalue weighted by molar-refractivity contribution is 7.92. The molecule has 0 fully saturated rings. The normalized spacial score (nSPS) is 12.9. The molecule has 0 radical (unpaired) electrons. The quantitative estimate of drug-likeness (QED) is 0.273. The van der Waals surface area contributed by atoms with Crippen LogP contribution in [0.2, 0.25) is 10.0 Å². The molecule has 3 aromatic carbocycles. The number of carbonyl (C=O) groups excluding carboxylic acids is 2. The molecule has 3 rings (SSSR count). The van der Waals surface area contributed by atoms with Gasteiger partial charge in [-0.05, 0) is 67.6 Å². The fourth-order valence-electron chi connectivity index (χ4n) is 4.43. The molecule has 2 amide bonds. The van der Waals surface area contributed by atoms with Crippen LogP contribution in [-0.4, -0.2) is 50.0 Å². The number of rotatable bonds is 12. The lowest BCUT2D eigenvalue weighted by molar-refractivity contribution is -0.140. The molecule has 0 unspecified atom stereocenters. The first kappa shape index (κ1) is 32.4. The SMILES string of the molecule is CC[C@H](C)NC(=O)[C@@H](Cc1ccccc1)N(Cc1ccc(Cl)c(Cl)c1)C(=O)CN(c1cccc(C)c1C)S(C)(=O)=O. The van der Waals surface area contributed by atoms with E-state index < -0.39 is 28.5 Å². The van der Waals surface area contributed by atoms with Gasteiger partial charge >= 0.3 is 0 Å². The molecule has 3 aromatic rings. The number of sulfonamides is 1. The number of nitrogens with one attached hydrogen (secondary N) is 1. The molecule has 0 aliphatic carbocycles. The number of benzene rings is 3. The van der Waals surface area contributed by atoms with E-state index in [4.69, 9.17) is 23.2 Å². The molecule has 1 N–H and O–H groups in total. The average molecular weight is 619 g/mol. The Bertz CT molecular complexity index is 1480. The molecule has 0 aliphatic heterocycles. The maximum Gasteiger partial charge on any atom is 0.244 e. The minimum absolute atomic E-state index is 0.0194. The third kappa shape index (κ3) is 8.71. The number of carbonyl (C=O) groups is 2. The van der Waals surface area contributed by atoms with Gasteiger partial charge in [-0.3, -0.25) is 13.9 Å². The van der Waals surface area contributed by atoms with Crippen LogP contribution in [0.1, 0.15) is 42.5 Å². The second kappa shape index (κ2) is 14.2. The molecule has 0 heterocycles. The molecule has 0 spiro atoms. The summed E-state index contributed by atoms with van der Waals surface area (Å²) in [6.45, 7) is 7.10. The summed E-state index contributed by atoms with van der Waals surface area (Å²) in [5.41, 5.74) is 3.57. The maximum absolute atomic E-state index is 14.2. The predicted molar refractivity (Wildman–Crippen MR) is 167 cm³/mol. The Morgan fingerprint density at radius 3 is 2.22 bits per heavy atom. The van der Waals surface area contributed by atoms with Crippen LogP contribution in [0.5, 0.6) is 0 Å². The minimum Gasteiger partial charge on any atom is -0.352 e. The van der Waals surface area contributed by atoms with Crippen molar-refractivity contribution in [1.29, 1.82) is 0 Å². The highest BCUT2D eigenvalue weighted by Crippen LogP contribution is 2.27. The fourth-order valence-corrected chi connectivity index (χ4v) is 5.65. The first-order valence-electron chi connectivity index (χ1n) is 13.4. The topological polar surface area (TPSA) is 86.8 Å². The van der Waals surface area contributed by atoms with Crippen LogP contribution < -0.4 is 9.62 Å². The molecule has 0 aliphatic rings. The standard InChI is InChI=1S/C31H37Cl2N3O4S/c1-6-22(3)34-31(38)29(18-24-12-8-7-9-13-24)35(19-25-15-16-26(32)27(33)17-25)30(37)20-36(41(5,39)40)28-14-10-11-21(2)23(28)4/h7-17,22,29H,6,18-20H2,1-5H3,(H,34,38)/t22-,29+/m0/s1. The molecule has 2 atom stereocenters. The lowest BCUT2D eigenvalue weighted by atomic mass is 10.0. The van der Waals surface area contributed by atoms with Crippen molar-refractivity contribution in [3.05, 3.63) is 99.0 Å². The summed E-state index contributed by atoms with van der Waals surface area (Å²) in [5, 5.41) is 3.69. The summed E-state index contributed by atoms with van der Waals surface area (Å²) in [6, 6.07) is 18.7. The van der Waals surface area contributed by atoms with E-state index in [2.05, 4.69) is 5.32 Å². The Hall–Kier alpha value is -3.07. The number of hydrogen-bond acceptors (Lipinski definition) is 4. The van der Waals surface area contributed by atoms with Gasteiger partial charge in [0.1, 0.15) is 12.6 Å². The van der Waals surface area contributed by atoms with Crippen LogP contribution in [0.15, 0.2) is 66.7 Å². The molecular weight excluding hydrogens is 581 g/mol. The van der Waals surface area contributed by atoms with E-state index in [-0.39, 0.29) is 24.9 Å². The molecule has 10 heteroatoms. The molecule has 7 nitrogen and oxygen atoms in total. The van der Waals surface area contributed by atoms with Gasteiger partial charge in [-0.2, -0.15) is 0 Å². The van der Waals surface area contributed by atoms with E-state index in [0.717, 1.165) is 27.3 Å². The van der Waals surface area contributed by atoms with Gasteiger partial charge in [-0.15, -0.1) is 0 Å². The zero-order valence-electron chi connectivity index (χ0n) is 24.0. The molecule has 41 heavy (non-hydrogen) atoms. The third-order valence-corrected chi connectivity index (χ3v) is 9.00. The third-order valence-electron chi connectivity index (χ3n) is 7.13. The molecule has 220 valence electrons. The van der Waals surface area contributed by atoms with Gasteiger partial charge < -0.3 is 10.2 Å². The van der Waals surface area contributed by atoms with Gasteiger partial charge in [0.05, 0.1) is 22.0 Å². The largest absolute Gasteiger partial charge is 0.352 e. The Labute approximate surface area is 253 Å². The Balaban J connectivity index is 2.11. The monoisotopic (exact) mass is 617 g/mol. The predicted octanol–water partition coefficient (Wildman–Crippen LogP) is 5.93. The minimum atomic E-state index is -3.85. The smallest absolute Gasteiger partial charge is 0.244 e. The van der Waals surface area contributed by atoms with E-state index in [9.17, 15) is 18.0 Å². The number of amides is 2. The second-order valence-corrected chi connectivity index (χ2v) is 13.0. The second-order valence-electron chi connectivity index (χ2n) is 10.3. The first-order valence-corrected chi connectivity index (χ1v) is 16.0. The summed E-state index contributed by atoms with van der Waals surface area (Å²) in [4.78, 5) is 29.4. The van der Waals surface area contributed by atoms with Gasteiger partial charge in [0, 0.05) is 19.0 Å². The number of hydrogen-bond donors (Lipinski definition) is 1. The molecule has 0 saturated carbocycles. The van der Waals surface area contributed by atoms with Crippen molar-refractivity contribution in [1.82, 2.24) is 10.2 Å². The summed E-state index contributed by atoms with van der Waals surface area (Å²) >= 11 is 12.4. The highest BCUT2D eigenvalue weighted by atomic mass is 35.5. The van der Waals surface area contributed by atoms with Crippen molar-refractivity contribution in [2.75, 3.05) is 17.1 Å². The Kier molecular flexibility index (Phi) is 11.2. The van der Waals surface area contributed by atoms with Crippen LogP contribution in [0.3, 0.4) is 0 Å². The first-order chi connectivity index (χ1) is 19.3. The fraction of sp³-hybridized carbons (Fsp3) is 0.355. The zero-order valence-corrected chi connectivity index (χ0v) is 26.4. The van der Waals surface area contributed by atoms with E-state index in [0.29, 0.717) is 27.7 Å². The molecular formula is C31H37Cl2N3O4S. The number of anilines is 1. The van der Waals surface area contributed by atoms with Crippen LogP contribution >= 0.6 is 23.2 Å². The van der Waals surface area contributed by atoms with Crippen molar-refractivity contribution in [3.8, 4) is 0 Å². The lowest BCUT2D eigenvalue weighted by Gasteiger charge is -2.34. The van der Waals surface area contributed by atoms with Crippen LogP contribution in [0.4, 0.5) is 5.69 Å². The van der Waals surface area contributed by atoms with Crippen molar-refractivity contribution in [3.63, 3.8) is 0 Å². The zero-order chi connectivity index (χ0) is 30.3. The van der Waals surface area contributed by atoms with Crippen LogP contribution in [-0.2, 0) is 32.6 Å². The van der Waals surface area contributed by atoms with Gasteiger partial charge in [0.25, 0.3) is 0 Å². The van der Waals surface area contributed by atoms with E-state index >= 15 is 0 Å². The van der Waals surface area contributed by atoms with Gasteiger partial charge in [-0.1, -0.05) is 78.7 Å². The van der Waals surface area contributed by atoms with E-state index in [1.807, 2.05) is 64.1 Å². The van der Waals surface area contributed by atoms with Gasteiger partial charge in [-0.25, -0.2) is 8.42 Å². The number of aryl methyl sites for hydroxylation is 1. The number of halogens is 2. The molecule has 0 saturated heterocycles. The van der Waals surface area contributed by atoms with Crippen molar-refractivity contribution in [2.45, 2.75) is 59.2 Å². The number of nitrogens with zero attached hydrogens (tertiary/aromatic N) is 2. The summed E-state index contributed by atoms with van der Waals surface area (Å²) in [6.07, 6.45) is 2.01. The molecule has 0 bridgehead atoms. The summed E-state index contributed by atoms with van der Waals surface area (Å²) < 4.78 is 27.1.